The van der Waals surface area contributed by atoms with Crippen molar-refractivity contribution in [3.8, 4) is 5.75 Å². The smallest absolute Gasteiger partial charge is 0.255 e. The summed E-state index contributed by atoms with van der Waals surface area (Å²) in [6.07, 6.45) is 6.32. The lowest BCUT2D eigenvalue weighted by Crippen LogP contribution is -2.40. The minimum atomic E-state index is -0.191. The second-order valence-electron chi connectivity index (χ2n) is 8.61. The molecule has 2 aromatic carbocycles. The number of imidazole rings is 1. The van der Waals surface area contributed by atoms with Crippen molar-refractivity contribution in [3.05, 3.63) is 59.9 Å². The number of rotatable bonds is 8. The van der Waals surface area contributed by atoms with E-state index in [1.807, 2.05) is 52.9 Å². The first kappa shape index (κ1) is 22.8. The molecule has 174 valence electrons. The molecule has 1 saturated carbocycles. The first-order valence-electron chi connectivity index (χ1n) is 11.7. The molecule has 1 aliphatic rings. The van der Waals surface area contributed by atoms with Crippen LogP contribution in [0.2, 0.25) is 0 Å². The lowest BCUT2D eigenvalue weighted by Gasteiger charge is -2.31. The lowest BCUT2D eigenvalue weighted by atomic mass is 9.94. The van der Waals surface area contributed by atoms with Crippen LogP contribution in [0, 0.1) is 0 Å². The number of hydrogen-bond donors (Lipinski definition) is 1. The minimum absolute atomic E-state index is 0.101. The van der Waals surface area contributed by atoms with Crippen molar-refractivity contribution >= 4 is 22.8 Å². The second-order valence-corrected chi connectivity index (χ2v) is 8.61. The van der Waals surface area contributed by atoms with Crippen molar-refractivity contribution in [1.29, 1.82) is 0 Å². The van der Waals surface area contributed by atoms with E-state index in [9.17, 15) is 9.59 Å². The fraction of sp³-hybridized carbons (Fsp3) is 0.423. The number of fused-ring (bicyclic) bond motifs is 1. The largest absolute Gasteiger partial charge is 0.496 e. The van der Waals surface area contributed by atoms with E-state index in [2.05, 4.69) is 5.32 Å². The standard InChI is InChI=1S/C26H32N4O3/c1-29(19-10-4-3-5-11-19)25(31)18-30-22-14-8-7-13-21(22)28-24(30)16-17-27-26(32)20-12-6-9-15-23(20)33-2/h6-9,12-15,19H,3-5,10-11,16-18H2,1-2H3,(H,27,32). The van der Waals surface area contributed by atoms with Gasteiger partial charge < -0.3 is 19.5 Å². The van der Waals surface area contributed by atoms with Crippen LogP contribution in [0.15, 0.2) is 48.5 Å². The van der Waals surface area contributed by atoms with Crippen molar-refractivity contribution in [1.82, 2.24) is 19.8 Å². The monoisotopic (exact) mass is 448 g/mol. The normalized spacial score (nSPS) is 14.2. The minimum Gasteiger partial charge on any atom is -0.496 e. The summed E-state index contributed by atoms with van der Waals surface area (Å²) >= 11 is 0. The summed E-state index contributed by atoms with van der Waals surface area (Å²) in [6, 6.07) is 15.3. The highest BCUT2D eigenvalue weighted by atomic mass is 16.5. The Bertz CT molecular complexity index is 1120. The highest BCUT2D eigenvalue weighted by Gasteiger charge is 2.23. The Balaban J connectivity index is 1.47. The van der Waals surface area contributed by atoms with Crippen LogP contribution in [-0.2, 0) is 17.8 Å². The van der Waals surface area contributed by atoms with Crippen molar-refractivity contribution in [2.45, 2.75) is 51.1 Å². The van der Waals surface area contributed by atoms with Crippen LogP contribution in [-0.4, -0.2) is 53.0 Å². The molecule has 0 atom stereocenters. The van der Waals surface area contributed by atoms with Crippen LogP contribution in [0.1, 0.15) is 48.3 Å². The van der Waals surface area contributed by atoms with Gasteiger partial charge in [0.2, 0.25) is 5.91 Å². The predicted molar refractivity (Wildman–Crippen MR) is 128 cm³/mol. The average molecular weight is 449 g/mol. The molecule has 0 spiro atoms. The molecular weight excluding hydrogens is 416 g/mol. The maximum atomic E-state index is 13.1. The Morgan fingerprint density at radius 1 is 1.09 bits per heavy atom. The number of para-hydroxylation sites is 3. The molecule has 7 heteroatoms. The van der Waals surface area contributed by atoms with Gasteiger partial charge in [0.25, 0.3) is 5.91 Å². The SMILES string of the molecule is COc1ccccc1C(=O)NCCc1nc2ccccc2n1CC(=O)N(C)C1CCCCC1. The van der Waals surface area contributed by atoms with E-state index >= 15 is 0 Å². The lowest BCUT2D eigenvalue weighted by molar-refractivity contribution is -0.133. The van der Waals surface area contributed by atoms with Gasteiger partial charge in [-0.05, 0) is 37.1 Å². The van der Waals surface area contributed by atoms with Crippen molar-refractivity contribution in [2.75, 3.05) is 20.7 Å². The number of hydrogen-bond acceptors (Lipinski definition) is 4. The molecule has 0 saturated heterocycles. The summed E-state index contributed by atoms with van der Waals surface area (Å²) < 4.78 is 7.28. The molecule has 0 bridgehead atoms. The molecule has 1 aromatic heterocycles. The zero-order valence-electron chi connectivity index (χ0n) is 19.4. The van der Waals surface area contributed by atoms with E-state index in [-0.39, 0.29) is 18.4 Å². The highest BCUT2D eigenvalue weighted by Crippen LogP contribution is 2.23. The number of aromatic nitrogens is 2. The fourth-order valence-electron chi connectivity index (χ4n) is 4.63. The predicted octanol–water partition coefficient (Wildman–Crippen LogP) is 3.81. The van der Waals surface area contributed by atoms with Gasteiger partial charge in [-0.15, -0.1) is 0 Å². The van der Waals surface area contributed by atoms with Gasteiger partial charge in [0, 0.05) is 26.1 Å². The number of carbonyl (C=O) groups is 2. The van der Waals surface area contributed by atoms with Gasteiger partial charge in [0.15, 0.2) is 0 Å². The van der Waals surface area contributed by atoms with Gasteiger partial charge in [0.05, 0.1) is 23.7 Å². The molecule has 1 aliphatic carbocycles. The summed E-state index contributed by atoms with van der Waals surface area (Å²) in [7, 11) is 3.47. The van der Waals surface area contributed by atoms with Gasteiger partial charge in [-0.25, -0.2) is 4.98 Å². The molecule has 1 N–H and O–H groups in total. The average Bonchev–Trinajstić information content (AvgIpc) is 3.21. The molecule has 33 heavy (non-hydrogen) atoms. The summed E-state index contributed by atoms with van der Waals surface area (Å²) in [6.45, 7) is 0.663. The van der Waals surface area contributed by atoms with E-state index in [1.165, 1.54) is 19.3 Å². The van der Waals surface area contributed by atoms with Gasteiger partial charge in [0.1, 0.15) is 18.1 Å². The zero-order valence-corrected chi connectivity index (χ0v) is 19.4. The van der Waals surface area contributed by atoms with Crippen LogP contribution in [0.4, 0.5) is 0 Å². The highest BCUT2D eigenvalue weighted by molar-refractivity contribution is 5.96. The van der Waals surface area contributed by atoms with E-state index < -0.39 is 0 Å². The zero-order chi connectivity index (χ0) is 23.2. The molecule has 7 nitrogen and oxygen atoms in total. The number of nitrogens with one attached hydrogen (secondary N) is 1. The summed E-state index contributed by atoms with van der Waals surface area (Å²) in [5.41, 5.74) is 2.29. The topological polar surface area (TPSA) is 76.5 Å². The van der Waals surface area contributed by atoms with Crippen molar-refractivity contribution < 1.29 is 14.3 Å². The Morgan fingerprint density at radius 3 is 2.61 bits per heavy atom. The Kier molecular flexibility index (Phi) is 7.27. The summed E-state index contributed by atoms with van der Waals surface area (Å²) in [5, 5.41) is 2.95. The number of likely N-dealkylation sites (N-methyl/N-ethyl adjacent to an activating group) is 1. The Hall–Kier alpha value is -3.35. The quantitative estimate of drug-likeness (QED) is 0.569. The molecule has 4 rings (SSSR count). The van der Waals surface area contributed by atoms with E-state index in [4.69, 9.17) is 9.72 Å². The van der Waals surface area contributed by atoms with Crippen LogP contribution >= 0.6 is 0 Å². The molecule has 0 radical (unpaired) electrons. The number of nitrogens with zero attached hydrogens (tertiary/aromatic N) is 3. The van der Waals surface area contributed by atoms with Crippen LogP contribution in [0.25, 0.3) is 11.0 Å². The van der Waals surface area contributed by atoms with Crippen LogP contribution in [0.3, 0.4) is 0 Å². The Labute approximate surface area is 194 Å². The van der Waals surface area contributed by atoms with Crippen molar-refractivity contribution in [2.24, 2.45) is 0 Å². The number of methoxy groups -OCH3 is 1. The first-order valence-corrected chi connectivity index (χ1v) is 11.7. The molecular formula is C26H32N4O3. The number of ether oxygens (including phenoxy) is 1. The van der Waals surface area contributed by atoms with E-state index in [0.29, 0.717) is 30.3 Å². The van der Waals surface area contributed by atoms with Gasteiger partial charge in [-0.1, -0.05) is 43.5 Å². The fourth-order valence-corrected chi connectivity index (χ4v) is 4.63. The molecule has 0 aliphatic heterocycles. The van der Waals surface area contributed by atoms with Gasteiger partial charge in [-0.2, -0.15) is 0 Å². The number of amides is 2. The number of benzene rings is 2. The molecule has 2 amide bonds. The third-order valence-electron chi connectivity index (χ3n) is 6.53. The molecule has 0 unspecified atom stereocenters. The maximum Gasteiger partial charge on any atom is 0.255 e. The maximum absolute atomic E-state index is 13.1. The third kappa shape index (κ3) is 5.18. The second kappa shape index (κ2) is 10.5. The van der Waals surface area contributed by atoms with Crippen LogP contribution < -0.4 is 10.1 Å². The van der Waals surface area contributed by atoms with E-state index in [0.717, 1.165) is 29.7 Å². The van der Waals surface area contributed by atoms with E-state index in [1.54, 1.807) is 19.2 Å². The molecule has 3 aromatic rings. The van der Waals surface area contributed by atoms with Crippen LogP contribution in [0.5, 0.6) is 5.75 Å². The molecule has 1 fully saturated rings. The summed E-state index contributed by atoms with van der Waals surface area (Å²) in [4.78, 5) is 32.4. The number of carbonyl (C=O) groups excluding carboxylic acids is 2. The third-order valence-corrected chi connectivity index (χ3v) is 6.53. The molecule has 1 heterocycles. The van der Waals surface area contributed by atoms with Gasteiger partial charge in [-0.3, -0.25) is 9.59 Å². The van der Waals surface area contributed by atoms with Gasteiger partial charge >= 0.3 is 0 Å². The van der Waals surface area contributed by atoms with Crippen molar-refractivity contribution in [3.63, 3.8) is 0 Å². The Morgan fingerprint density at radius 2 is 1.82 bits per heavy atom. The first-order chi connectivity index (χ1) is 16.1. The summed E-state index contributed by atoms with van der Waals surface area (Å²) in [5.74, 6) is 1.24.